The maximum Gasteiger partial charge on any atom is 0.251 e. The Bertz CT molecular complexity index is 718. The summed E-state index contributed by atoms with van der Waals surface area (Å²) in [7, 11) is 0. The molecule has 0 saturated heterocycles. The van der Waals surface area contributed by atoms with E-state index in [2.05, 4.69) is 50.4 Å². The van der Waals surface area contributed by atoms with Gasteiger partial charge in [-0.25, -0.2) is 0 Å². The summed E-state index contributed by atoms with van der Waals surface area (Å²) < 4.78 is 0. The number of rotatable bonds is 4. The fraction of sp³-hybridized carbons (Fsp3) is 0.435. The molecule has 0 bridgehead atoms. The molecule has 3 rings (SSSR count). The van der Waals surface area contributed by atoms with Gasteiger partial charge in [-0.15, -0.1) is 11.8 Å². The minimum Gasteiger partial charge on any atom is -0.348 e. The van der Waals surface area contributed by atoms with Crippen LogP contribution in [-0.4, -0.2) is 17.2 Å². The quantitative estimate of drug-likeness (QED) is 0.738. The first-order valence-corrected chi connectivity index (χ1v) is 10.4. The number of hydrogen-bond donors (Lipinski definition) is 1. The molecule has 0 aliphatic heterocycles. The molecule has 2 atom stereocenters. The highest BCUT2D eigenvalue weighted by Crippen LogP contribution is 2.35. The molecule has 2 aromatic rings. The van der Waals surface area contributed by atoms with Gasteiger partial charge in [-0.05, 0) is 48.1 Å². The van der Waals surface area contributed by atoms with Crippen molar-refractivity contribution in [3.63, 3.8) is 0 Å². The van der Waals surface area contributed by atoms with E-state index in [1.165, 1.54) is 23.3 Å². The van der Waals surface area contributed by atoms with Gasteiger partial charge in [-0.3, -0.25) is 4.79 Å². The summed E-state index contributed by atoms with van der Waals surface area (Å²) in [4.78, 5) is 13.8. The zero-order valence-corrected chi connectivity index (χ0v) is 16.8. The van der Waals surface area contributed by atoms with E-state index in [1.54, 1.807) is 0 Å². The molecule has 1 saturated carbocycles. The highest BCUT2D eigenvalue weighted by Gasteiger charge is 2.27. The van der Waals surface area contributed by atoms with E-state index in [1.807, 2.05) is 42.1 Å². The van der Waals surface area contributed by atoms with E-state index < -0.39 is 0 Å². The van der Waals surface area contributed by atoms with E-state index >= 15 is 0 Å². The number of amides is 1. The number of nitrogens with one attached hydrogen (secondary N) is 1. The van der Waals surface area contributed by atoms with Gasteiger partial charge in [0.2, 0.25) is 0 Å². The van der Waals surface area contributed by atoms with Gasteiger partial charge < -0.3 is 5.32 Å². The maximum absolute atomic E-state index is 12.5. The second kappa shape index (κ2) is 8.30. The van der Waals surface area contributed by atoms with Crippen LogP contribution in [0.5, 0.6) is 0 Å². The van der Waals surface area contributed by atoms with Crippen molar-refractivity contribution in [1.82, 2.24) is 5.32 Å². The van der Waals surface area contributed by atoms with Crippen LogP contribution in [0.2, 0.25) is 0 Å². The van der Waals surface area contributed by atoms with Crippen molar-refractivity contribution >= 4 is 17.7 Å². The number of carbonyl (C=O) groups is 1. The molecule has 1 aliphatic rings. The maximum atomic E-state index is 12.5. The zero-order valence-electron chi connectivity index (χ0n) is 16.0. The van der Waals surface area contributed by atoms with Crippen LogP contribution in [0.15, 0.2) is 59.5 Å². The standard InChI is InChI=1S/C23H29NOS/c1-23(2,3)18-13-15-19(16-14-18)26-21-12-8-7-11-20(21)24-22(25)17-9-5-4-6-10-17/h4-6,9-10,13-16,20-21H,7-8,11-12H2,1-3H3,(H,24,25)/t20-,21-/m0/s1. The molecular weight excluding hydrogens is 338 g/mol. The first-order chi connectivity index (χ1) is 12.4. The van der Waals surface area contributed by atoms with Gasteiger partial charge in [0.05, 0.1) is 0 Å². The summed E-state index contributed by atoms with van der Waals surface area (Å²) >= 11 is 1.91. The fourth-order valence-corrected chi connectivity index (χ4v) is 4.75. The number of carbonyl (C=O) groups excluding carboxylic acids is 1. The molecule has 0 unspecified atom stereocenters. The third-order valence-corrected chi connectivity index (χ3v) is 6.47. The van der Waals surface area contributed by atoms with E-state index in [9.17, 15) is 4.79 Å². The fourth-order valence-electron chi connectivity index (χ4n) is 3.45. The topological polar surface area (TPSA) is 29.1 Å². The summed E-state index contributed by atoms with van der Waals surface area (Å²) in [6.45, 7) is 6.72. The second-order valence-corrected chi connectivity index (χ2v) is 9.47. The summed E-state index contributed by atoms with van der Waals surface area (Å²) in [5, 5.41) is 3.72. The number of thioether (sulfide) groups is 1. The third kappa shape index (κ3) is 4.91. The largest absolute Gasteiger partial charge is 0.348 e. The van der Waals surface area contributed by atoms with Crippen molar-refractivity contribution < 1.29 is 4.79 Å². The van der Waals surface area contributed by atoms with Crippen LogP contribution < -0.4 is 5.32 Å². The van der Waals surface area contributed by atoms with Crippen molar-refractivity contribution in [3.8, 4) is 0 Å². The summed E-state index contributed by atoms with van der Waals surface area (Å²) in [6, 6.07) is 18.7. The molecule has 0 spiro atoms. The highest BCUT2D eigenvalue weighted by molar-refractivity contribution is 8.00. The molecular formula is C23H29NOS. The Morgan fingerprint density at radius 1 is 0.962 bits per heavy atom. The molecule has 0 aromatic heterocycles. The molecule has 138 valence electrons. The normalized spacial score (nSPS) is 20.6. The van der Waals surface area contributed by atoms with Crippen molar-refractivity contribution in [1.29, 1.82) is 0 Å². The van der Waals surface area contributed by atoms with Crippen molar-refractivity contribution in [2.45, 2.75) is 68.1 Å². The van der Waals surface area contributed by atoms with Gasteiger partial charge in [0.1, 0.15) is 0 Å². The Kier molecular flexibility index (Phi) is 6.08. The molecule has 2 nitrogen and oxygen atoms in total. The highest BCUT2D eigenvalue weighted by atomic mass is 32.2. The van der Waals surface area contributed by atoms with Gasteiger partial charge in [-0.2, -0.15) is 0 Å². The molecule has 1 amide bonds. The predicted molar refractivity (Wildman–Crippen MR) is 111 cm³/mol. The lowest BCUT2D eigenvalue weighted by Gasteiger charge is -2.32. The first-order valence-electron chi connectivity index (χ1n) is 9.56. The minimum absolute atomic E-state index is 0.0474. The third-order valence-electron chi connectivity index (χ3n) is 5.06. The van der Waals surface area contributed by atoms with Gasteiger partial charge in [0.15, 0.2) is 0 Å². The first kappa shape index (κ1) is 19.0. The van der Waals surface area contributed by atoms with Crippen LogP contribution in [0.25, 0.3) is 0 Å². The Morgan fingerprint density at radius 2 is 1.62 bits per heavy atom. The molecule has 0 radical (unpaired) electrons. The molecule has 26 heavy (non-hydrogen) atoms. The monoisotopic (exact) mass is 367 g/mol. The van der Waals surface area contributed by atoms with Crippen molar-refractivity contribution in [2.24, 2.45) is 0 Å². The van der Waals surface area contributed by atoms with Crippen molar-refractivity contribution in [3.05, 3.63) is 65.7 Å². The lowest BCUT2D eigenvalue weighted by atomic mass is 9.87. The zero-order chi connectivity index (χ0) is 18.6. The van der Waals surface area contributed by atoms with Crippen molar-refractivity contribution in [2.75, 3.05) is 0 Å². The minimum atomic E-state index is 0.0474. The van der Waals surface area contributed by atoms with E-state index in [0.29, 0.717) is 5.25 Å². The van der Waals surface area contributed by atoms with Gasteiger partial charge in [-0.1, -0.05) is 63.9 Å². The molecule has 1 N–H and O–H groups in total. The molecule has 2 aromatic carbocycles. The SMILES string of the molecule is CC(C)(C)c1ccc(S[C@H]2CCCC[C@@H]2NC(=O)c2ccccc2)cc1. The van der Waals surface area contributed by atoms with Gasteiger partial charge in [0, 0.05) is 21.8 Å². The lowest BCUT2D eigenvalue weighted by molar-refractivity contribution is 0.0929. The molecule has 1 aliphatic carbocycles. The Labute approximate surface area is 161 Å². The summed E-state index contributed by atoms with van der Waals surface area (Å²) in [5.74, 6) is 0.0474. The Balaban J connectivity index is 1.66. The Hall–Kier alpha value is -1.74. The van der Waals surface area contributed by atoms with E-state index in [-0.39, 0.29) is 17.4 Å². The molecule has 1 fully saturated rings. The lowest BCUT2D eigenvalue weighted by Crippen LogP contribution is -2.43. The van der Waals surface area contributed by atoms with Crippen LogP contribution in [0.4, 0.5) is 0 Å². The van der Waals surface area contributed by atoms with Gasteiger partial charge >= 0.3 is 0 Å². The Morgan fingerprint density at radius 3 is 2.27 bits per heavy atom. The average molecular weight is 368 g/mol. The van der Waals surface area contributed by atoms with E-state index in [0.717, 1.165) is 18.4 Å². The van der Waals surface area contributed by atoms with Crippen LogP contribution in [0, 0.1) is 0 Å². The predicted octanol–water partition coefficient (Wildman–Crippen LogP) is 5.82. The summed E-state index contributed by atoms with van der Waals surface area (Å²) in [6.07, 6.45) is 4.66. The van der Waals surface area contributed by atoms with Gasteiger partial charge in [0.25, 0.3) is 5.91 Å². The van der Waals surface area contributed by atoms with Crippen LogP contribution in [-0.2, 0) is 5.41 Å². The number of hydrogen-bond acceptors (Lipinski definition) is 2. The smallest absolute Gasteiger partial charge is 0.251 e. The summed E-state index contributed by atoms with van der Waals surface area (Å²) in [5.41, 5.74) is 2.29. The van der Waals surface area contributed by atoms with Crippen LogP contribution >= 0.6 is 11.8 Å². The van der Waals surface area contributed by atoms with E-state index in [4.69, 9.17) is 0 Å². The number of benzene rings is 2. The molecule has 3 heteroatoms. The van der Waals surface area contributed by atoms with Crippen LogP contribution in [0.3, 0.4) is 0 Å². The average Bonchev–Trinajstić information content (AvgIpc) is 2.64. The second-order valence-electron chi connectivity index (χ2n) is 8.16. The van der Waals surface area contributed by atoms with Crippen LogP contribution in [0.1, 0.15) is 62.4 Å². The molecule has 0 heterocycles.